The van der Waals surface area contributed by atoms with Crippen molar-refractivity contribution in [3.8, 4) is 0 Å². The van der Waals surface area contributed by atoms with Gasteiger partial charge in [-0.05, 0) is 69.1 Å². The summed E-state index contributed by atoms with van der Waals surface area (Å²) in [7, 11) is 1.80. The van der Waals surface area contributed by atoms with Crippen molar-refractivity contribution in [1.82, 2.24) is 14.7 Å². The number of carbonyl (C=O) groups excluding carboxylic acids is 3. The molecule has 2 unspecified atom stereocenters. The number of hydrogen-bond acceptors (Lipinski definition) is 4. The maximum absolute atomic E-state index is 13.6. The molecule has 2 atom stereocenters. The molecule has 4 fully saturated rings. The predicted molar refractivity (Wildman–Crippen MR) is 142 cm³/mol. The van der Waals surface area contributed by atoms with Gasteiger partial charge >= 0.3 is 6.09 Å². The number of nitrogens with zero attached hydrogens (tertiary/aromatic N) is 3. The number of hydrogen-bond donors (Lipinski definition) is 0. The Morgan fingerprint density at radius 2 is 1.59 bits per heavy atom. The molecule has 0 bridgehead atoms. The number of amides is 3. The number of rotatable bonds is 5. The second-order valence-electron chi connectivity index (χ2n) is 11.9. The molecule has 2 saturated carbocycles. The van der Waals surface area contributed by atoms with Crippen LogP contribution in [0.5, 0.6) is 0 Å². The van der Waals surface area contributed by atoms with Crippen molar-refractivity contribution >= 4 is 29.5 Å². The lowest BCUT2D eigenvalue weighted by Gasteiger charge is -2.34. The topological polar surface area (TPSA) is 70.2 Å². The Balaban J connectivity index is 1.25. The summed E-state index contributed by atoms with van der Waals surface area (Å²) < 4.78 is 5.87. The third kappa shape index (κ3) is 5.76. The fraction of sp³-hybridized carbons (Fsp3) is 0.690. The second-order valence-corrected chi connectivity index (χ2v) is 12.3. The number of benzene rings is 1. The molecule has 2 saturated heterocycles. The molecule has 7 nitrogen and oxygen atoms in total. The van der Waals surface area contributed by atoms with E-state index in [4.69, 9.17) is 16.3 Å². The summed E-state index contributed by atoms with van der Waals surface area (Å²) in [5, 5.41) is 0.664. The number of likely N-dealkylation sites (tertiary alicyclic amines) is 2. The van der Waals surface area contributed by atoms with E-state index in [1.807, 2.05) is 41.0 Å². The van der Waals surface area contributed by atoms with Crippen molar-refractivity contribution in [2.45, 2.75) is 82.8 Å². The molecular formula is C29H40ClN3O4. The molecule has 1 aromatic carbocycles. The van der Waals surface area contributed by atoms with Crippen molar-refractivity contribution in [2.24, 2.45) is 11.3 Å². The van der Waals surface area contributed by atoms with Gasteiger partial charge in [0.05, 0.1) is 6.04 Å². The number of carbonyl (C=O) groups is 3. The first-order valence-corrected chi connectivity index (χ1v) is 14.4. The number of likely N-dealkylation sites (N-methyl/N-ethyl adjacent to an activating group) is 1. The SMILES string of the molecule is CN(C(=O)OC1CCCCC1)C1CN(C(=O)C2CCN(C(=O)C3(C)CC3)CC2)CC1c1ccc(Cl)cc1. The molecule has 202 valence electrons. The van der Waals surface area contributed by atoms with E-state index in [0.29, 0.717) is 44.0 Å². The first-order chi connectivity index (χ1) is 17.7. The van der Waals surface area contributed by atoms with Crippen LogP contribution in [0.25, 0.3) is 0 Å². The van der Waals surface area contributed by atoms with E-state index < -0.39 is 0 Å². The van der Waals surface area contributed by atoms with Crippen molar-refractivity contribution in [1.29, 1.82) is 0 Å². The molecule has 2 aliphatic heterocycles. The van der Waals surface area contributed by atoms with E-state index in [0.717, 1.165) is 44.1 Å². The van der Waals surface area contributed by atoms with E-state index in [1.165, 1.54) is 6.42 Å². The molecule has 1 aromatic rings. The van der Waals surface area contributed by atoms with Crippen molar-refractivity contribution in [3.05, 3.63) is 34.9 Å². The molecule has 8 heteroatoms. The minimum atomic E-state index is -0.300. The summed E-state index contributed by atoms with van der Waals surface area (Å²) in [5.41, 5.74) is 0.905. The summed E-state index contributed by atoms with van der Waals surface area (Å²) in [4.78, 5) is 45.1. The third-order valence-corrected chi connectivity index (χ3v) is 9.40. The van der Waals surface area contributed by atoms with Gasteiger partial charge in [0.1, 0.15) is 6.10 Å². The number of halogens is 1. The fourth-order valence-corrected chi connectivity index (χ4v) is 6.44. The van der Waals surface area contributed by atoms with E-state index in [9.17, 15) is 14.4 Å². The quantitative estimate of drug-likeness (QED) is 0.533. The van der Waals surface area contributed by atoms with Gasteiger partial charge in [0.15, 0.2) is 0 Å². The van der Waals surface area contributed by atoms with Crippen molar-refractivity contribution in [3.63, 3.8) is 0 Å². The van der Waals surface area contributed by atoms with E-state index in [2.05, 4.69) is 0 Å². The Morgan fingerprint density at radius 3 is 2.22 bits per heavy atom. The lowest BCUT2D eigenvalue weighted by atomic mass is 9.93. The molecule has 0 N–H and O–H groups in total. The molecule has 0 aromatic heterocycles. The monoisotopic (exact) mass is 529 g/mol. The summed E-state index contributed by atoms with van der Waals surface area (Å²) in [5.74, 6) is 0.294. The zero-order valence-corrected chi connectivity index (χ0v) is 22.9. The largest absolute Gasteiger partial charge is 0.446 e. The Morgan fingerprint density at radius 1 is 0.946 bits per heavy atom. The van der Waals surface area contributed by atoms with Crippen LogP contribution >= 0.6 is 11.6 Å². The van der Waals surface area contributed by atoms with Crippen LogP contribution in [-0.4, -0.2) is 78.0 Å². The zero-order chi connectivity index (χ0) is 26.2. The maximum atomic E-state index is 13.6. The van der Waals surface area contributed by atoms with Crippen LogP contribution in [0.2, 0.25) is 5.02 Å². The Labute approximate surface area is 225 Å². The third-order valence-electron chi connectivity index (χ3n) is 9.15. The normalized spacial score (nSPS) is 26.1. The van der Waals surface area contributed by atoms with Crippen LogP contribution in [0, 0.1) is 11.3 Å². The van der Waals surface area contributed by atoms with Gasteiger partial charge in [-0.3, -0.25) is 9.59 Å². The van der Waals surface area contributed by atoms with Crippen molar-refractivity contribution < 1.29 is 19.1 Å². The van der Waals surface area contributed by atoms with Gasteiger partial charge in [-0.25, -0.2) is 4.79 Å². The van der Waals surface area contributed by atoms with Crippen LogP contribution in [0.3, 0.4) is 0 Å². The molecule has 37 heavy (non-hydrogen) atoms. The van der Waals surface area contributed by atoms with Crippen LogP contribution in [-0.2, 0) is 14.3 Å². The average Bonchev–Trinajstić information content (AvgIpc) is 3.52. The van der Waals surface area contributed by atoms with Gasteiger partial charge in [0.2, 0.25) is 11.8 Å². The standard InChI is InChI=1S/C29H40ClN3O4/c1-29(14-15-29)27(35)32-16-12-21(13-17-32)26(34)33-18-24(20-8-10-22(30)11-9-20)25(19-33)31(2)28(36)37-23-6-4-3-5-7-23/h8-11,21,23-25H,3-7,12-19H2,1-2H3. The summed E-state index contributed by atoms with van der Waals surface area (Å²) in [6.45, 7) is 4.39. The zero-order valence-electron chi connectivity index (χ0n) is 22.2. The van der Waals surface area contributed by atoms with Gasteiger partial charge in [-0.1, -0.05) is 37.1 Å². The highest BCUT2D eigenvalue weighted by Crippen LogP contribution is 2.47. The molecule has 2 heterocycles. The highest BCUT2D eigenvalue weighted by atomic mass is 35.5. The highest BCUT2D eigenvalue weighted by Gasteiger charge is 2.48. The van der Waals surface area contributed by atoms with E-state index in [1.54, 1.807) is 11.9 Å². The van der Waals surface area contributed by atoms with Crippen LogP contribution in [0.1, 0.15) is 76.2 Å². The molecule has 5 rings (SSSR count). The molecule has 0 radical (unpaired) electrons. The first-order valence-electron chi connectivity index (χ1n) is 14.0. The van der Waals surface area contributed by atoms with Crippen LogP contribution in [0.15, 0.2) is 24.3 Å². The minimum Gasteiger partial charge on any atom is -0.446 e. The molecule has 4 aliphatic rings. The lowest BCUT2D eigenvalue weighted by molar-refractivity contribution is -0.142. The Hall–Kier alpha value is -2.28. The van der Waals surface area contributed by atoms with Gasteiger partial charge < -0.3 is 19.4 Å². The van der Waals surface area contributed by atoms with Gasteiger partial charge in [-0.2, -0.15) is 0 Å². The summed E-state index contributed by atoms with van der Waals surface area (Å²) in [6, 6.07) is 7.56. The predicted octanol–water partition coefficient (Wildman–Crippen LogP) is 5.07. The molecule has 2 aliphatic carbocycles. The van der Waals surface area contributed by atoms with Crippen molar-refractivity contribution in [2.75, 3.05) is 33.2 Å². The minimum absolute atomic E-state index is 0.0115. The van der Waals surface area contributed by atoms with Gasteiger partial charge in [0, 0.05) is 55.5 Å². The van der Waals surface area contributed by atoms with Gasteiger partial charge in [0.25, 0.3) is 0 Å². The van der Waals surface area contributed by atoms with E-state index >= 15 is 0 Å². The Bertz CT molecular complexity index is 997. The highest BCUT2D eigenvalue weighted by molar-refractivity contribution is 6.30. The maximum Gasteiger partial charge on any atom is 0.410 e. The second kappa shape index (κ2) is 10.8. The van der Waals surface area contributed by atoms with Crippen LogP contribution in [0.4, 0.5) is 4.79 Å². The fourth-order valence-electron chi connectivity index (χ4n) is 6.31. The summed E-state index contributed by atoms with van der Waals surface area (Å²) >= 11 is 6.15. The molecule has 0 spiro atoms. The average molecular weight is 530 g/mol. The molecular weight excluding hydrogens is 490 g/mol. The molecule has 3 amide bonds. The lowest BCUT2D eigenvalue weighted by Crippen LogP contribution is -2.46. The van der Waals surface area contributed by atoms with Crippen LogP contribution < -0.4 is 0 Å². The van der Waals surface area contributed by atoms with Gasteiger partial charge in [-0.15, -0.1) is 0 Å². The van der Waals surface area contributed by atoms with E-state index in [-0.39, 0.29) is 47.3 Å². The smallest absolute Gasteiger partial charge is 0.410 e. The Kier molecular flexibility index (Phi) is 7.71. The summed E-state index contributed by atoms with van der Waals surface area (Å²) in [6.07, 6.45) is 8.30. The first kappa shape index (κ1) is 26.3. The number of piperidine rings is 1. The number of ether oxygens (including phenoxy) is 1.